The fraction of sp³-hybridized carbons (Fsp3) is 0.200. The van der Waals surface area contributed by atoms with Gasteiger partial charge in [0.05, 0.1) is 22.6 Å². The van der Waals surface area contributed by atoms with Gasteiger partial charge in [0.25, 0.3) is 5.91 Å². The Morgan fingerprint density at radius 1 is 1.19 bits per heavy atom. The second-order valence-corrected chi connectivity index (χ2v) is 7.91. The van der Waals surface area contributed by atoms with E-state index in [2.05, 4.69) is 17.2 Å². The number of thioether (sulfide) groups is 1. The van der Waals surface area contributed by atoms with Gasteiger partial charge in [-0.15, -0.1) is 23.1 Å². The van der Waals surface area contributed by atoms with Gasteiger partial charge in [0.1, 0.15) is 11.8 Å². The normalized spacial score (nSPS) is 16.7. The summed E-state index contributed by atoms with van der Waals surface area (Å²) < 4.78 is 5.57. The number of carbonyl (C=O) groups is 1. The van der Waals surface area contributed by atoms with Crippen molar-refractivity contribution in [3.8, 4) is 0 Å². The van der Waals surface area contributed by atoms with Gasteiger partial charge < -0.3 is 4.42 Å². The van der Waals surface area contributed by atoms with E-state index in [1.54, 1.807) is 34.4 Å². The van der Waals surface area contributed by atoms with Crippen LogP contribution in [-0.4, -0.2) is 22.4 Å². The van der Waals surface area contributed by atoms with Gasteiger partial charge >= 0.3 is 0 Å². The van der Waals surface area contributed by atoms with E-state index in [9.17, 15) is 4.79 Å². The van der Waals surface area contributed by atoms with Gasteiger partial charge in [-0.25, -0.2) is 5.01 Å². The van der Waals surface area contributed by atoms with Gasteiger partial charge in [0.2, 0.25) is 0 Å². The average Bonchev–Trinajstić information content (AvgIpc) is 3.42. The smallest absolute Gasteiger partial charge is 0.253 e. The van der Waals surface area contributed by atoms with Gasteiger partial charge in [-0.3, -0.25) is 4.79 Å². The highest BCUT2D eigenvalue weighted by Gasteiger charge is 2.34. The molecule has 4 rings (SSSR count). The van der Waals surface area contributed by atoms with Crippen LogP contribution in [0.25, 0.3) is 0 Å². The molecule has 0 fully saturated rings. The molecule has 1 amide bonds. The molecule has 0 aliphatic carbocycles. The predicted molar refractivity (Wildman–Crippen MR) is 106 cm³/mol. The van der Waals surface area contributed by atoms with Crippen LogP contribution in [0.2, 0.25) is 0 Å². The minimum absolute atomic E-state index is 0.0129. The molecule has 6 heteroatoms. The Balaban J connectivity index is 1.46. The summed E-state index contributed by atoms with van der Waals surface area (Å²) in [4.78, 5) is 13.9. The molecule has 0 saturated carbocycles. The zero-order chi connectivity index (χ0) is 17.8. The van der Waals surface area contributed by atoms with Crippen LogP contribution in [0.1, 0.15) is 28.7 Å². The number of furan rings is 1. The lowest BCUT2D eigenvalue weighted by Crippen LogP contribution is -2.28. The van der Waals surface area contributed by atoms with Crippen LogP contribution in [-0.2, 0) is 10.5 Å². The first kappa shape index (κ1) is 17.1. The van der Waals surface area contributed by atoms with E-state index in [1.165, 1.54) is 5.56 Å². The quantitative estimate of drug-likeness (QED) is 0.606. The zero-order valence-corrected chi connectivity index (χ0v) is 15.7. The van der Waals surface area contributed by atoms with Gasteiger partial charge in [0.15, 0.2) is 0 Å². The van der Waals surface area contributed by atoms with E-state index >= 15 is 0 Å². The van der Waals surface area contributed by atoms with Gasteiger partial charge in [-0.2, -0.15) is 5.10 Å². The van der Waals surface area contributed by atoms with Crippen LogP contribution >= 0.6 is 23.1 Å². The monoisotopic (exact) mass is 382 g/mol. The first-order valence-corrected chi connectivity index (χ1v) is 10.4. The molecule has 3 heterocycles. The third-order valence-electron chi connectivity index (χ3n) is 4.18. The van der Waals surface area contributed by atoms with E-state index in [4.69, 9.17) is 4.42 Å². The molecule has 0 spiro atoms. The Hall–Kier alpha value is -2.31. The predicted octanol–water partition coefficient (Wildman–Crippen LogP) is 4.95. The lowest BCUT2D eigenvalue weighted by molar-refractivity contribution is -0.130. The second kappa shape index (κ2) is 7.93. The molecule has 0 saturated heterocycles. The molecular formula is C20H18N2O2S2. The molecule has 1 unspecified atom stereocenters. The van der Waals surface area contributed by atoms with Crippen LogP contribution in [0.3, 0.4) is 0 Å². The summed E-state index contributed by atoms with van der Waals surface area (Å²) in [5.41, 5.74) is 2.17. The molecule has 1 aliphatic heterocycles. The fourth-order valence-corrected chi connectivity index (χ4v) is 4.49. The number of hydrogen-bond acceptors (Lipinski definition) is 5. The Bertz CT molecular complexity index is 874. The van der Waals surface area contributed by atoms with Crippen molar-refractivity contribution in [2.24, 2.45) is 5.10 Å². The van der Waals surface area contributed by atoms with Crippen molar-refractivity contribution in [1.82, 2.24) is 5.01 Å². The lowest BCUT2D eigenvalue weighted by Gasteiger charge is -2.19. The van der Waals surface area contributed by atoms with Gasteiger partial charge in [-0.1, -0.05) is 36.4 Å². The van der Waals surface area contributed by atoms with E-state index in [1.807, 2.05) is 47.8 Å². The Kier molecular flexibility index (Phi) is 5.22. The van der Waals surface area contributed by atoms with Gasteiger partial charge in [0, 0.05) is 12.2 Å². The Morgan fingerprint density at radius 2 is 2.08 bits per heavy atom. The van der Waals surface area contributed by atoms with Crippen LogP contribution in [0.4, 0.5) is 0 Å². The number of hydrogen-bond donors (Lipinski definition) is 0. The number of benzene rings is 1. The summed E-state index contributed by atoms with van der Waals surface area (Å²) >= 11 is 3.25. The van der Waals surface area contributed by atoms with E-state index < -0.39 is 0 Å². The molecule has 0 radical (unpaired) electrons. The molecule has 4 nitrogen and oxygen atoms in total. The van der Waals surface area contributed by atoms with Crippen LogP contribution in [0.15, 0.2) is 75.8 Å². The van der Waals surface area contributed by atoms with Crippen molar-refractivity contribution < 1.29 is 9.21 Å². The van der Waals surface area contributed by atoms with Crippen molar-refractivity contribution in [3.63, 3.8) is 0 Å². The third kappa shape index (κ3) is 3.76. The van der Waals surface area contributed by atoms with Crippen molar-refractivity contribution in [2.75, 3.05) is 5.75 Å². The highest BCUT2D eigenvalue weighted by molar-refractivity contribution is 7.99. The zero-order valence-electron chi connectivity index (χ0n) is 14.1. The molecule has 0 N–H and O–H groups in total. The van der Waals surface area contributed by atoms with Crippen molar-refractivity contribution in [3.05, 3.63) is 82.4 Å². The molecule has 3 aromatic rings. The standard InChI is InChI=1S/C20H18N2O2S2/c23-20(14-25-13-15-6-2-1-3-7-15)22-17(18-8-4-10-24-18)12-16(21-22)19-9-5-11-26-19/h1-11,17H,12-14H2. The van der Waals surface area contributed by atoms with E-state index in [0.29, 0.717) is 12.2 Å². The van der Waals surface area contributed by atoms with Crippen LogP contribution in [0, 0.1) is 0 Å². The summed E-state index contributed by atoms with van der Waals surface area (Å²) in [5.74, 6) is 2.00. The summed E-state index contributed by atoms with van der Waals surface area (Å²) in [6.07, 6.45) is 2.33. The average molecular weight is 383 g/mol. The summed E-state index contributed by atoms with van der Waals surface area (Å²) in [6, 6.07) is 17.8. The van der Waals surface area contributed by atoms with Crippen molar-refractivity contribution in [2.45, 2.75) is 18.2 Å². The number of thiophene rings is 1. The molecule has 1 atom stereocenters. The largest absolute Gasteiger partial charge is 0.467 e. The maximum atomic E-state index is 12.8. The summed E-state index contributed by atoms with van der Waals surface area (Å²) in [7, 11) is 0. The highest BCUT2D eigenvalue weighted by Crippen LogP contribution is 2.34. The first-order valence-electron chi connectivity index (χ1n) is 8.40. The van der Waals surface area contributed by atoms with Crippen LogP contribution < -0.4 is 0 Å². The summed E-state index contributed by atoms with van der Waals surface area (Å²) in [5, 5.41) is 8.26. The topological polar surface area (TPSA) is 45.8 Å². The van der Waals surface area contributed by atoms with E-state index in [-0.39, 0.29) is 11.9 Å². The van der Waals surface area contributed by atoms with Crippen LogP contribution in [0.5, 0.6) is 0 Å². The number of carbonyl (C=O) groups excluding carboxylic acids is 1. The van der Waals surface area contributed by atoms with Gasteiger partial charge in [-0.05, 0) is 29.1 Å². The molecule has 1 aliphatic rings. The van der Waals surface area contributed by atoms with E-state index in [0.717, 1.165) is 22.1 Å². The number of nitrogens with zero attached hydrogens (tertiary/aromatic N) is 2. The van der Waals surface area contributed by atoms with Crippen molar-refractivity contribution >= 4 is 34.7 Å². The molecule has 26 heavy (non-hydrogen) atoms. The number of amides is 1. The molecular weight excluding hydrogens is 364 g/mol. The molecule has 0 bridgehead atoms. The Morgan fingerprint density at radius 3 is 2.81 bits per heavy atom. The Labute approximate surface area is 160 Å². The number of rotatable bonds is 6. The van der Waals surface area contributed by atoms with Crippen molar-refractivity contribution in [1.29, 1.82) is 0 Å². The maximum Gasteiger partial charge on any atom is 0.253 e. The highest BCUT2D eigenvalue weighted by atomic mass is 32.2. The second-order valence-electron chi connectivity index (χ2n) is 5.98. The third-order valence-corrected chi connectivity index (χ3v) is 6.09. The minimum atomic E-state index is -0.160. The lowest BCUT2D eigenvalue weighted by atomic mass is 10.1. The molecule has 2 aromatic heterocycles. The number of hydrazone groups is 1. The summed E-state index contributed by atoms with van der Waals surface area (Å²) in [6.45, 7) is 0. The minimum Gasteiger partial charge on any atom is -0.467 e. The first-order chi connectivity index (χ1) is 12.8. The maximum absolute atomic E-state index is 12.8. The molecule has 1 aromatic carbocycles. The molecule has 132 valence electrons. The fourth-order valence-electron chi connectivity index (χ4n) is 2.93. The SMILES string of the molecule is O=C(CSCc1ccccc1)N1N=C(c2cccs2)CC1c1ccco1.